The van der Waals surface area contributed by atoms with Crippen LogP contribution in [-0.4, -0.2) is 0 Å². The highest BCUT2D eigenvalue weighted by molar-refractivity contribution is 6.00. The molecule has 0 radical (unpaired) electrons. The summed E-state index contributed by atoms with van der Waals surface area (Å²) in [5.74, 6) is 0. The highest BCUT2D eigenvalue weighted by atomic mass is 15.1. The quantitative estimate of drug-likeness (QED) is 0.130. The van der Waals surface area contributed by atoms with Crippen molar-refractivity contribution in [1.82, 2.24) is 0 Å². The van der Waals surface area contributed by atoms with E-state index in [0.29, 0.717) is 0 Å². The molecule has 0 aliphatic rings. The third kappa shape index (κ3) is 5.33. The topological polar surface area (TPSA) is 101 Å². The number of hydrogen-bond acceptors (Lipinski definition) is 6. The van der Waals surface area contributed by atoms with Crippen LogP contribution in [0.3, 0.4) is 0 Å². The number of fused-ring (bicyclic) bond motifs is 2. The van der Waals surface area contributed by atoms with Crippen LogP contribution in [0.2, 0.25) is 0 Å². The minimum atomic E-state index is 0.733. The zero-order valence-corrected chi connectivity index (χ0v) is 21.6. The Kier molecular flexibility index (Phi) is 6.80. The molecule has 0 atom stereocenters. The predicted molar refractivity (Wildman–Crippen MR) is 167 cm³/mol. The molecule has 0 fully saturated rings. The van der Waals surface area contributed by atoms with E-state index in [0.717, 1.165) is 66.8 Å². The summed E-state index contributed by atoms with van der Waals surface area (Å²) >= 11 is 0. The van der Waals surface area contributed by atoms with Gasteiger partial charge in [-0.2, -0.15) is 10.2 Å². The monoisotopic (exact) mass is 518 g/mol. The molecule has 0 aromatic heterocycles. The van der Waals surface area contributed by atoms with Crippen molar-refractivity contribution in [3.63, 3.8) is 0 Å². The number of anilines is 2. The van der Waals surface area contributed by atoms with Crippen molar-refractivity contribution in [2.45, 2.75) is 0 Å². The van der Waals surface area contributed by atoms with Gasteiger partial charge in [-0.05, 0) is 59.7 Å². The lowest BCUT2D eigenvalue weighted by atomic mass is 10.1. The van der Waals surface area contributed by atoms with E-state index >= 15 is 0 Å². The second-order valence-electron chi connectivity index (χ2n) is 9.36. The molecule has 40 heavy (non-hydrogen) atoms. The Morgan fingerprint density at radius 3 is 1.15 bits per heavy atom. The standard InChI is InChI=1S/C34H26N6/c35-31-19-21-33(29-7-3-1-5-27(29)31)39-37-25-15-11-23(12-16-25)9-10-24-13-17-26(18-14-24)38-40-34-22-20-32(36)28-6-2-4-8-30(28)34/h1-22H,35-36H2/b10-9+,39-37+,40-38+. The van der Waals surface area contributed by atoms with Crippen LogP contribution in [0.1, 0.15) is 11.1 Å². The molecule has 6 nitrogen and oxygen atoms in total. The van der Waals surface area contributed by atoms with Gasteiger partial charge < -0.3 is 11.5 Å². The summed E-state index contributed by atoms with van der Waals surface area (Å²) in [5.41, 5.74) is 18.9. The number of azo groups is 2. The molecule has 0 unspecified atom stereocenters. The van der Waals surface area contributed by atoms with Gasteiger partial charge in [0.1, 0.15) is 0 Å². The van der Waals surface area contributed by atoms with E-state index < -0.39 is 0 Å². The second-order valence-corrected chi connectivity index (χ2v) is 9.36. The van der Waals surface area contributed by atoms with Gasteiger partial charge in [0.25, 0.3) is 0 Å². The van der Waals surface area contributed by atoms with Gasteiger partial charge in [0.15, 0.2) is 0 Å². The second kappa shape index (κ2) is 11.0. The molecule has 192 valence electrons. The number of rotatable bonds is 6. The minimum Gasteiger partial charge on any atom is -0.398 e. The SMILES string of the molecule is Nc1ccc(/N=N/c2ccc(/C=C/c3ccc(/N=N/c4ccc(N)c5ccccc45)cc3)cc2)c2ccccc12. The van der Waals surface area contributed by atoms with Crippen LogP contribution in [0.5, 0.6) is 0 Å². The first kappa shape index (κ1) is 24.7. The van der Waals surface area contributed by atoms with Gasteiger partial charge in [0.2, 0.25) is 0 Å². The van der Waals surface area contributed by atoms with Gasteiger partial charge in [-0.15, -0.1) is 10.2 Å². The highest BCUT2D eigenvalue weighted by Crippen LogP contribution is 2.32. The Bertz CT molecular complexity index is 1760. The summed E-state index contributed by atoms with van der Waals surface area (Å²) in [4.78, 5) is 0. The summed E-state index contributed by atoms with van der Waals surface area (Å²) in [6.45, 7) is 0. The summed E-state index contributed by atoms with van der Waals surface area (Å²) < 4.78 is 0. The van der Waals surface area contributed by atoms with Crippen LogP contribution in [-0.2, 0) is 0 Å². The molecule has 0 aliphatic heterocycles. The summed E-state index contributed by atoms with van der Waals surface area (Å²) in [5, 5.41) is 21.7. The lowest BCUT2D eigenvalue weighted by molar-refractivity contribution is 1.24. The predicted octanol–water partition coefficient (Wildman–Crippen LogP) is 10.2. The molecule has 6 aromatic carbocycles. The lowest BCUT2D eigenvalue weighted by Gasteiger charge is -2.04. The first-order valence-corrected chi connectivity index (χ1v) is 12.9. The third-order valence-electron chi connectivity index (χ3n) is 6.67. The smallest absolute Gasteiger partial charge is 0.0936 e. The van der Waals surface area contributed by atoms with Crippen molar-refractivity contribution in [2.24, 2.45) is 20.5 Å². The molecule has 0 saturated carbocycles. The maximum Gasteiger partial charge on any atom is 0.0936 e. The van der Waals surface area contributed by atoms with E-state index in [2.05, 4.69) is 32.6 Å². The number of benzene rings is 6. The van der Waals surface area contributed by atoms with E-state index in [9.17, 15) is 0 Å². The molecular formula is C34H26N6. The lowest BCUT2D eigenvalue weighted by Crippen LogP contribution is -1.86. The number of nitrogens with zero attached hydrogens (tertiary/aromatic N) is 4. The highest BCUT2D eigenvalue weighted by Gasteiger charge is 2.04. The molecule has 4 N–H and O–H groups in total. The van der Waals surface area contributed by atoms with Crippen molar-refractivity contribution in [1.29, 1.82) is 0 Å². The molecule has 0 heterocycles. The molecule has 6 rings (SSSR count). The minimum absolute atomic E-state index is 0.733. The molecule has 0 bridgehead atoms. The molecule has 0 amide bonds. The van der Waals surface area contributed by atoms with Crippen molar-refractivity contribution in [2.75, 3.05) is 11.5 Å². The Hall–Kier alpha value is -5.62. The fraction of sp³-hybridized carbons (Fsp3) is 0. The molecule has 0 aliphatic carbocycles. The fourth-order valence-corrected chi connectivity index (χ4v) is 4.51. The zero-order chi connectivity index (χ0) is 27.3. The fourth-order valence-electron chi connectivity index (χ4n) is 4.51. The van der Waals surface area contributed by atoms with E-state index in [1.165, 1.54) is 0 Å². The Labute approximate surface area is 232 Å². The van der Waals surface area contributed by atoms with Gasteiger partial charge >= 0.3 is 0 Å². The maximum absolute atomic E-state index is 6.09. The van der Waals surface area contributed by atoms with Gasteiger partial charge in [-0.3, -0.25) is 0 Å². The van der Waals surface area contributed by atoms with Gasteiger partial charge in [-0.25, -0.2) is 0 Å². The van der Waals surface area contributed by atoms with E-state index in [1.54, 1.807) is 0 Å². The van der Waals surface area contributed by atoms with E-state index in [4.69, 9.17) is 11.5 Å². The zero-order valence-electron chi connectivity index (χ0n) is 21.6. The van der Waals surface area contributed by atoms with Crippen molar-refractivity contribution in [3.05, 3.63) is 132 Å². The van der Waals surface area contributed by atoms with Gasteiger partial charge in [0, 0.05) is 32.9 Å². The van der Waals surface area contributed by atoms with Crippen molar-refractivity contribution < 1.29 is 0 Å². The molecule has 6 heteroatoms. The van der Waals surface area contributed by atoms with Crippen LogP contribution in [0, 0.1) is 0 Å². The Morgan fingerprint density at radius 1 is 0.375 bits per heavy atom. The van der Waals surface area contributed by atoms with Crippen LogP contribution in [0.25, 0.3) is 33.7 Å². The first-order valence-electron chi connectivity index (χ1n) is 12.9. The number of nitrogens with two attached hydrogens (primary N) is 2. The maximum atomic E-state index is 6.09. The van der Waals surface area contributed by atoms with Crippen LogP contribution < -0.4 is 11.5 Å². The average molecular weight is 519 g/mol. The normalized spacial score (nSPS) is 11.9. The van der Waals surface area contributed by atoms with Crippen LogP contribution in [0.4, 0.5) is 34.1 Å². The van der Waals surface area contributed by atoms with Crippen molar-refractivity contribution in [3.8, 4) is 0 Å². The summed E-state index contributed by atoms with van der Waals surface area (Å²) in [6.07, 6.45) is 4.12. The van der Waals surface area contributed by atoms with Crippen LogP contribution >= 0.6 is 0 Å². The Balaban J connectivity index is 1.12. The van der Waals surface area contributed by atoms with Crippen molar-refractivity contribution >= 4 is 67.8 Å². The molecular weight excluding hydrogens is 492 g/mol. The molecule has 6 aromatic rings. The van der Waals surface area contributed by atoms with Crippen LogP contribution in [0.15, 0.2) is 142 Å². The average Bonchev–Trinajstić information content (AvgIpc) is 3.01. The Morgan fingerprint density at radius 2 is 0.750 bits per heavy atom. The van der Waals surface area contributed by atoms with Gasteiger partial charge in [-0.1, -0.05) is 84.9 Å². The number of nitrogen functional groups attached to an aromatic ring is 2. The number of hydrogen-bond donors (Lipinski definition) is 2. The summed E-state index contributed by atoms with van der Waals surface area (Å²) in [6, 6.07) is 39.3. The molecule has 0 saturated heterocycles. The largest absolute Gasteiger partial charge is 0.398 e. The third-order valence-corrected chi connectivity index (χ3v) is 6.67. The van der Waals surface area contributed by atoms with E-state index in [-0.39, 0.29) is 0 Å². The summed E-state index contributed by atoms with van der Waals surface area (Å²) in [7, 11) is 0. The first-order chi connectivity index (χ1) is 19.6. The van der Waals surface area contributed by atoms with E-state index in [1.807, 2.05) is 121 Å². The molecule has 0 spiro atoms. The van der Waals surface area contributed by atoms with Gasteiger partial charge in [0.05, 0.1) is 22.7 Å².